The standard InChI is InChI=1S/C20H19N5O5/c1-12-4-6-13(7-5-12)18-22-24-25(23-18)11-17(26)21-16-10-14(19(27)29-2)8-9-15(16)20(28)30-3/h4-10H,11H2,1-3H3,(H,21,26). The molecule has 0 unspecified atom stereocenters. The van der Waals surface area contributed by atoms with Crippen LogP contribution < -0.4 is 5.32 Å². The summed E-state index contributed by atoms with van der Waals surface area (Å²) in [5.41, 5.74) is 2.23. The Hall–Kier alpha value is -4.08. The van der Waals surface area contributed by atoms with Gasteiger partial charge in [-0.3, -0.25) is 4.79 Å². The van der Waals surface area contributed by atoms with E-state index < -0.39 is 17.8 Å². The van der Waals surface area contributed by atoms with E-state index in [0.717, 1.165) is 15.9 Å². The van der Waals surface area contributed by atoms with Gasteiger partial charge in [0.15, 0.2) is 0 Å². The molecule has 0 radical (unpaired) electrons. The molecule has 0 fully saturated rings. The summed E-state index contributed by atoms with van der Waals surface area (Å²) in [6.45, 7) is 1.72. The predicted molar refractivity (Wildman–Crippen MR) is 106 cm³/mol. The summed E-state index contributed by atoms with van der Waals surface area (Å²) >= 11 is 0. The van der Waals surface area contributed by atoms with E-state index in [1.54, 1.807) is 0 Å². The Kier molecular flexibility index (Phi) is 6.16. The number of ether oxygens (including phenoxy) is 2. The Bertz CT molecular complexity index is 1090. The largest absolute Gasteiger partial charge is 0.465 e. The first-order valence-corrected chi connectivity index (χ1v) is 8.86. The van der Waals surface area contributed by atoms with Gasteiger partial charge in [-0.05, 0) is 30.3 Å². The van der Waals surface area contributed by atoms with Gasteiger partial charge < -0.3 is 14.8 Å². The summed E-state index contributed by atoms with van der Waals surface area (Å²) in [5, 5.41) is 14.6. The van der Waals surface area contributed by atoms with Gasteiger partial charge in [0.2, 0.25) is 11.7 Å². The number of amides is 1. The number of anilines is 1. The SMILES string of the molecule is COC(=O)c1ccc(C(=O)OC)c(NC(=O)Cn2nnc(-c3ccc(C)cc3)n2)c1. The molecule has 3 rings (SSSR count). The molecule has 0 saturated heterocycles. The van der Waals surface area contributed by atoms with Crippen LogP contribution in [0.3, 0.4) is 0 Å². The fraction of sp³-hybridized carbons (Fsp3) is 0.200. The minimum Gasteiger partial charge on any atom is -0.465 e. The molecular weight excluding hydrogens is 390 g/mol. The number of tetrazole rings is 1. The molecule has 0 spiro atoms. The van der Waals surface area contributed by atoms with E-state index in [4.69, 9.17) is 4.74 Å². The molecule has 0 aliphatic carbocycles. The number of aromatic nitrogens is 4. The van der Waals surface area contributed by atoms with E-state index in [0.29, 0.717) is 5.82 Å². The fourth-order valence-corrected chi connectivity index (χ4v) is 2.63. The first-order valence-electron chi connectivity index (χ1n) is 8.86. The van der Waals surface area contributed by atoms with Crippen molar-refractivity contribution in [3.8, 4) is 11.4 Å². The van der Waals surface area contributed by atoms with Crippen molar-refractivity contribution in [2.75, 3.05) is 19.5 Å². The highest BCUT2D eigenvalue weighted by molar-refractivity contribution is 6.03. The van der Waals surface area contributed by atoms with E-state index in [-0.39, 0.29) is 23.4 Å². The molecule has 2 aromatic carbocycles. The average molecular weight is 409 g/mol. The highest BCUT2D eigenvalue weighted by Crippen LogP contribution is 2.20. The average Bonchev–Trinajstić information content (AvgIpc) is 3.21. The second-order valence-corrected chi connectivity index (χ2v) is 6.30. The third-order valence-corrected chi connectivity index (χ3v) is 4.17. The van der Waals surface area contributed by atoms with Crippen LogP contribution in [0.25, 0.3) is 11.4 Å². The van der Waals surface area contributed by atoms with Gasteiger partial charge in [-0.15, -0.1) is 10.2 Å². The van der Waals surface area contributed by atoms with E-state index >= 15 is 0 Å². The second-order valence-electron chi connectivity index (χ2n) is 6.30. The van der Waals surface area contributed by atoms with Gasteiger partial charge in [0.25, 0.3) is 0 Å². The van der Waals surface area contributed by atoms with Gasteiger partial charge in [0.1, 0.15) is 6.54 Å². The third kappa shape index (κ3) is 4.66. The zero-order chi connectivity index (χ0) is 21.7. The van der Waals surface area contributed by atoms with Gasteiger partial charge >= 0.3 is 11.9 Å². The smallest absolute Gasteiger partial charge is 0.339 e. The number of esters is 2. The number of hydrogen-bond donors (Lipinski definition) is 1. The van der Waals surface area contributed by atoms with Crippen LogP contribution in [0.15, 0.2) is 42.5 Å². The topological polar surface area (TPSA) is 125 Å². The lowest BCUT2D eigenvalue weighted by molar-refractivity contribution is -0.117. The molecule has 1 amide bonds. The van der Waals surface area contributed by atoms with Crippen LogP contribution in [-0.4, -0.2) is 52.3 Å². The Morgan fingerprint density at radius 3 is 2.37 bits per heavy atom. The minimum atomic E-state index is -0.665. The molecule has 0 aliphatic rings. The Morgan fingerprint density at radius 2 is 1.70 bits per heavy atom. The molecule has 0 aliphatic heterocycles. The number of methoxy groups -OCH3 is 2. The van der Waals surface area contributed by atoms with Crippen LogP contribution >= 0.6 is 0 Å². The highest BCUT2D eigenvalue weighted by Gasteiger charge is 2.18. The summed E-state index contributed by atoms with van der Waals surface area (Å²) in [6, 6.07) is 11.7. The van der Waals surface area contributed by atoms with Gasteiger partial charge in [-0.25, -0.2) is 9.59 Å². The molecule has 1 aromatic heterocycles. The van der Waals surface area contributed by atoms with E-state index in [1.165, 1.54) is 32.4 Å². The van der Waals surface area contributed by atoms with Gasteiger partial charge in [0.05, 0.1) is 31.0 Å². The van der Waals surface area contributed by atoms with Crippen LogP contribution in [0, 0.1) is 6.92 Å². The molecule has 30 heavy (non-hydrogen) atoms. The fourth-order valence-electron chi connectivity index (χ4n) is 2.63. The number of aryl methyl sites for hydroxylation is 1. The summed E-state index contributed by atoms with van der Waals surface area (Å²) < 4.78 is 9.39. The number of benzene rings is 2. The molecule has 0 atom stereocenters. The van der Waals surface area contributed by atoms with Crippen molar-refractivity contribution < 1.29 is 23.9 Å². The molecule has 1 heterocycles. The van der Waals surface area contributed by atoms with Crippen molar-refractivity contribution in [3.05, 3.63) is 59.2 Å². The van der Waals surface area contributed by atoms with E-state index in [1.807, 2.05) is 31.2 Å². The zero-order valence-electron chi connectivity index (χ0n) is 16.6. The number of carbonyl (C=O) groups excluding carboxylic acids is 3. The molecule has 0 bridgehead atoms. The normalized spacial score (nSPS) is 10.4. The molecule has 154 valence electrons. The van der Waals surface area contributed by atoms with E-state index in [9.17, 15) is 14.4 Å². The number of nitrogens with zero attached hydrogens (tertiary/aromatic N) is 4. The first-order chi connectivity index (χ1) is 14.4. The number of rotatable bonds is 6. The van der Waals surface area contributed by atoms with Crippen molar-refractivity contribution in [3.63, 3.8) is 0 Å². The Morgan fingerprint density at radius 1 is 1.00 bits per heavy atom. The summed E-state index contributed by atoms with van der Waals surface area (Å²) in [7, 11) is 2.45. The van der Waals surface area contributed by atoms with Crippen LogP contribution in [0.1, 0.15) is 26.3 Å². The number of hydrogen-bond acceptors (Lipinski definition) is 8. The maximum Gasteiger partial charge on any atom is 0.339 e. The third-order valence-electron chi connectivity index (χ3n) is 4.17. The molecule has 3 aromatic rings. The summed E-state index contributed by atoms with van der Waals surface area (Å²) in [6.07, 6.45) is 0. The van der Waals surface area contributed by atoms with Crippen LogP contribution in [0.4, 0.5) is 5.69 Å². The highest BCUT2D eigenvalue weighted by atomic mass is 16.5. The van der Waals surface area contributed by atoms with Gasteiger partial charge in [-0.1, -0.05) is 29.8 Å². The van der Waals surface area contributed by atoms with Gasteiger partial charge in [0, 0.05) is 5.56 Å². The Balaban J connectivity index is 1.78. The first kappa shape index (κ1) is 20.6. The van der Waals surface area contributed by atoms with Crippen molar-refractivity contribution in [1.29, 1.82) is 0 Å². The van der Waals surface area contributed by atoms with Crippen molar-refractivity contribution in [1.82, 2.24) is 20.2 Å². The predicted octanol–water partition coefficient (Wildman–Crippen LogP) is 1.86. The summed E-state index contributed by atoms with van der Waals surface area (Å²) in [5.74, 6) is -1.41. The Labute approximate surface area is 171 Å². The van der Waals surface area contributed by atoms with E-state index in [2.05, 4.69) is 25.5 Å². The second kappa shape index (κ2) is 8.95. The number of nitrogens with one attached hydrogen (secondary N) is 1. The van der Waals surface area contributed by atoms with Gasteiger partial charge in [-0.2, -0.15) is 4.80 Å². The number of carbonyl (C=O) groups is 3. The quantitative estimate of drug-likeness (QED) is 0.612. The maximum atomic E-state index is 12.5. The molecule has 0 saturated carbocycles. The zero-order valence-corrected chi connectivity index (χ0v) is 16.6. The molecular formula is C20H19N5O5. The van der Waals surface area contributed by atoms with Crippen LogP contribution in [0.5, 0.6) is 0 Å². The van der Waals surface area contributed by atoms with Crippen LogP contribution in [0.2, 0.25) is 0 Å². The molecule has 1 N–H and O–H groups in total. The molecule has 10 heteroatoms. The van der Waals surface area contributed by atoms with Crippen LogP contribution in [-0.2, 0) is 20.8 Å². The van der Waals surface area contributed by atoms with Crippen molar-refractivity contribution in [2.24, 2.45) is 0 Å². The lowest BCUT2D eigenvalue weighted by Crippen LogP contribution is -2.22. The lowest BCUT2D eigenvalue weighted by Gasteiger charge is -2.11. The van der Waals surface area contributed by atoms with Crippen molar-refractivity contribution in [2.45, 2.75) is 13.5 Å². The molecule has 10 nitrogen and oxygen atoms in total. The lowest BCUT2D eigenvalue weighted by atomic mass is 10.1. The minimum absolute atomic E-state index is 0.0883. The summed E-state index contributed by atoms with van der Waals surface area (Å²) in [4.78, 5) is 37.4. The van der Waals surface area contributed by atoms with Crippen molar-refractivity contribution >= 4 is 23.5 Å². The maximum absolute atomic E-state index is 12.5. The monoisotopic (exact) mass is 409 g/mol.